The number of thiophene rings is 1. The Kier molecular flexibility index (Phi) is 6.26. The third-order valence-corrected chi connectivity index (χ3v) is 7.33. The summed E-state index contributed by atoms with van der Waals surface area (Å²) >= 11 is 1.50. The van der Waals surface area contributed by atoms with Gasteiger partial charge in [-0.15, -0.1) is 11.3 Å². The largest absolute Gasteiger partial charge is 0.419 e. The van der Waals surface area contributed by atoms with Gasteiger partial charge in [-0.25, -0.2) is 13.2 Å². The zero-order chi connectivity index (χ0) is 22.7. The zero-order valence-corrected chi connectivity index (χ0v) is 18.8. The van der Waals surface area contributed by atoms with Crippen molar-refractivity contribution in [2.75, 3.05) is 0 Å². The molecule has 0 aliphatic rings. The van der Waals surface area contributed by atoms with Gasteiger partial charge in [0.05, 0.1) is 17.0 Å². The van der Waals surface area contributed by atoms with Crippen LogP contribution >= 0.6 is 11.3 Å². The average Bonchev–Trinajstić information content (AvgIpc) is 3.40. The molecule has 1 amide bonds. The molecule has 0 radical (unpaired) electrons. The van der Waals surface area contributed by atoms with Crippen molar-refractivity contribution < 1.29 is 17.6 Å². The molecule has 1 atom stereocenters. The summed E-state index contributed by atoms with van der Waals surface area (Å²) in [7, 11) is -2.54. The number of fused-ring (bicyclic) bond motifs is 1. The highest BCUT2D eigenvalue weighted by Crippen LogP contribution is 2.19. The molecular formula is C22H21N3O5S2. The van der Waals surface area contributed by atoms with Gasteiger partial charge in [-0.1, -0.05) is 36.4 Å². The smallest absolute Gasteiger partial charge is 0.408 e. The fourth-order valence-electron chi connectivity index (χ4n) is 3.28. The van der Waals surface area contributed by atoms with E-state index in [1.54, 1.807) is 0 Å². The van der Waals surface area contributed by atoms with Crippen LogP contribution in [0.3, 0.4) is 0 Å². The van der Waals surface area contributed by atoms with Crippen LogP contribution in [0.5, 0.6) is 0 Å². The monoisotopic (exact) mass is 471 g/mol. The molecule has 32 heavy (non-hydrogen) atoms. The van der Waals surface area contributed by atoms with Gasteiger partial charge in [-0.2, -0.15) is 4.72 Å². The lowest BCUT2D eigenvalue weighted by atomic mass is 10.1. The Balaban J connectivity index is 1.59. The van der Waals surface area contributed by atoms with Crippen molar-refractivity contribution in [3.8, 4) is 0 Å². The summed E-state index contributed by atoms with van der Waals surface area (Å²) in [6.45, 7) is 0.310. The number of aryl methyl sites for hydroxylation is 1. The van der Waals surface area contributed by atoms with Crippen molar-refractivity contribution >= 4 is 38.4 Å². The molecule has 0 aliphatic heterocycles. The minimum Gasteiger partial charge on any atom is -0.408 e. The molecule has 2 aromatic heterocycles. The number of carbonyl (C=O) groups excluding carboxylic acids is 1. The molecule has 0 saturated carbocycles. The molecule has 0 spiro atoms. The summed E-state index contributed by atoms with van der Waals surface area (Å²) in [6, 6.07) is 16.1. The molecule has 10 heteroatoms. The number of nitrogens with zero attached hydrogens (tertiary/aromatic N) is 1. The van der Waals surface area contributed by atoms with Gasteiger partial charge in [-0.3, -0.25) is 9.36 Å². The molecule has 0 saturated heterocycles. The predicted molar refractivity (Wildman–Crippen MR) is 122 cm³/mol. The van der Waals surface area contributed by atoms with E-state index in [1.165, 1.54) is 41.2 Å². The number of oxazole rings is 1. The summed E-state index contributed by atoms with van der Waals surface area (Å²) in [5.74, 6) is -1.02. The lowest BCUT2D eigenvalue weighted by Crippen LogP contribution is -2.47. The van der Waals surface area contributed by atoms with Gasteiger partial charge in [0.1, 0.15) is 6.04 Å². The van der Waals surface area contributed by atoms with Gasteiger partial charge >= 0.3 is 5.76 Å². The van der Waals surface area contributed by atoms with Crippen molar-refractivity contribution in [2.24, 2.45) is 7.05 Å². The lowest BCUT2D eigenvalue weighted by molar-refractivity contribution is -0.122. The van der Waals surface area contributed by atoms with Gasteiger partial charge in [0.2, 0.25) is 15.9 Å². The highest BCUT2D eigenvalue weighted by molar-refractivity contribution is 7.89. The average molecular weight is 472 g/mol. The van der Waals surface area contributed by atoms with Crippen LogP contribution < -0.4 is 15.8 Å². The Morgan fingerprint density at radius 2 is 1.91 bits per heavy atom. The van der Waals surface area contributed by atoms with E-state index in [9.17, 15) is 18.0 Å². The van der Waals surface area contributed by atoms with E-state index >= 15 is 0 Å². The van der Waals surface area contributed by atoms with Crippen LogP contribution in [0.1, 0.15) is 10.4 Å². The number of aromatic nitrogens is 1. The number of rotatable bonds is 8. The molecule has 2 aromatic carbocycles. The first-order valence-electron chi connectivity index (χ1n) is 9.79. The Hall–Kier alpha value is -3.21. The van der Waals surface area contributed by atoms with E-state index < -0.39 is 27.7 Å². The van der Waals surface area contributed by atoms with Gasteiger partial charge in [0.15, 0.2) is 5.58 Å². The van der Waals surface area contributed by atoms with Gasteiger partial charge in [-0.05, 0) is 35.6 Å². The number of nitrogens with one attached hydrogen (secondary N) is 2. The zero-order valence-electron chi connectivity index (χ0n) is 17.1. The van der Waals surface area contributed by atoms with Gasteiger partial charge in [0, 0.05) is 18.0 Å². The molecule has 0 bridgehead atoms. The fourth-order valence-corrected chi connectivity index (χ4v) is 5.14. The normalized spacial score (nSPS) is 12.7. The number of hydrogen-bond acceptors (Lipinski definition) is 6. The minimum atomic E-state index is -4.07. The maximum atomic E-state index is 13.1. The summed E-state index contributed by atoms with van der Waals surface area (Å²) in [6.07, 6.45) is 0.180. The molecule has 1 unspecified atom stereocenters. The van der Waals surface area contributed by atoms with Crippen LogP contribution in [-0.2, 0) is 34.8 Å². The Morgan fingerprint density at radius 1 is 1.12 bits per heavy atom. The number of benzene rings is 2. The Labute approximate surface area is 188 Å². The predicted octanol–water partition coefficient (Wildman–Crippen LogP) is 2.40. The van der Waals surface area contributed by atoms with Crippen molar-refractivity contribution in [3.05, 3.63) is 87.0 Å². The molecule has 0 fully saturated rings. The molecular weight excluding hydrogens is 450 g/mol. The summed E-state index contributed by atoms with van der Waals surface area (Å²) in [4.78, 5) is 25.5. The van der Waals surface area contributed by atoms with Crippen LogP contribution in [0.25, 0.3) is 11.1 Å². The minimum absolute atomic E-state index is 0.0940. The lowest BCUT2D eigenvalue weighted by Gasteiger charge is -2.18. The summed E-state index contributed by atoms with van der Waals surface area (Å²) in [5.41, 5.74) is 1.45. The van der Waals surface area contributed by atoms with Crippen molar-refractivity contribution in [2.45, 2.75) is 23.9 Å². The maximum absolute atomic E-state index is 13.1. The molecule has 0 aliphatic carbocycles. The quantitative estimate of drug-likeness (QED) is 0.410. The molecule has 2 N–H and O–H groups in total. The van der Waals surface area contributed by atoms with Crippen LogP contribution in [0.4, 0.5) is 0 Å². The van der Waals surface area contributed by atoms with Crippen molar-refractivity contribution in [1.82, 2.24) is 14.6 Å². The number of sulfonamides is 1. The van der Waals surface area contributed by atoms with E-state index in [1.807, 2.05) is 47.8 Å². The van der Waals surface area contributed by atoms with E-state index in [0.717, 1.165) is 10.4 Å². The number of carbonyl (C=O) groups is 1. The van der Waals surface area contributed by atoms with Crippen LogP contribution in [0, 0.1) is 0 Å². The van der Waals surface area contributed by atoms with Crippen LogP contribution in [-0.4, -0.2) is 24.9 Å². The molecule has 166 valence electrons. The summed E-state index contributed by atoms with van der Waals surface area (Å²) in [5, 5.41) is 4.71. The maximum Gasteiger partial charge on any atom is 0.419 e. The molecule has 8 nitrogen and oxygen atoms in total. The highest BCUT2D eigenvalue weighted by atomic mass is 32.2. The Morgan fingerprint density at radius 3 is 2.62 bits per heavy atom. The van der Waals surface area contributed by atoms with Gasteiger partial charge < -0.3 is 9.73 Å². The second-order valence-electron chi connectivity index (χ2n) is 7.22. The number of hydrogen-bond donors (Lipinski definition) is 2. The van der Waals surface area contributed by atoms with E-state index in [2.05, 4.69) is 10.0 Å². The van der Waals surface area contributed by atoms with Crippen molar-refractivity contribution in [1.29, 1.82) is 0 Å². The first kappa shape index (κ1) is 22.0. The van der Waals surface area contributed by atoms with E-state index in [-0.39, 0.29) is 16.9 Å². The molecule has 4 rings (SSSR count). The van der Waals surface area contributed by atoms with Crippen molar-refractivity contribution in [3.63, 3.8) is 0 Å². The third-order valence-electron chi connectivity index (χ3n) is 4.99. The summed E-state index contributed by atoms with van der Waals surface area (Å²) < 4.78 is 35.1. The number of amides is 1. The van der Waals surface area contributed by atoms with E-state index in [0.29, 0.717) is 12.1 Å². The highest BCUT2D eigenvalue weighted by Gasteiger charge is 2.27. The van der Waals surface area contributed by atoms with E-state index in [4.69, 9.17) is 4.42 Å². The fraction of sp³-hybridized carbons (Fsp3) is 0.182. The molecule has 2 heterocycles. The topological polar surface area (TPSA) is 110 Å². The van der Waals surface area contributed by atoms with Crippen LogP contribution in [0.15, 0.2) is 80.2 Å². The second kappa shape index (κ2) is 9.11. The van der Waals surface area contributed by atoms with Crippen LogP contribution in [0.2, 0.25) is 0 Å². The SMILES string of the molecule is Cn1c(=O)oc2cc(S(=O)(=O)NC(Cc3ccccc3)C(=O)NCc3cccs3)ccc21. The molecule has 4 aromatic rings. The standard InChI is InChI=1S/C22H21N3O5S2/c1-25-19-10-9-17(13-20(19)30-22(25)27)32(28,29)24-18(12-15-6-3-2-4-7-15)21(26)23-14-16-8-5-11-31-16/h2-11,13,18,24H,12,14H2,1H3,(H,23,26). The first-order valence-corrected chi connectivity index (χ1v) is 12.2. The third kappa shape index (κ3) is 4.82. The second-order valence-corrected chi connectivity index (χ2v) is 9.96. The Bertz CT molecular complexity index is 1390. The van der Waals surface area contributed by atoms with Gasteiger partial charge in [0.25, 0.3) is 0 Å². The first-order chi connectivity index (χ1) is 15.3.